The van der Waals surface area contributed by atoms with E-state index < -0.39 is 13.7 Å². The van der Waals surface area contributed by atoms with Gasteiger partial charge in [-0.05, 0) is 25.8 Å². The lowest BCUT2D eigenvalue weighted by Crippen LogP contribution is -2.35. The fourth-order valence-corrected chi connectivity index (χ4v) is 3.88. The Hall–Kier alpha value is -1.69. The lowest BCUT2D eigenvalue weighted by atomic mass is 10.2. The number of nitrogens with zero attached hydrogens (tertiary/aromatic N) is 1. The molecule has 8 heteroatoms. The van der Waals surface area contributed by atoms with Crippen LogP contribution in [0, 0.1) is 0 Å². The lowest BCUT2D eigenvalue weighted by Gasteiger charge is -2.24. The zero-order chi connectivity index (χ0) is 19.3. The first-order valence-electron chi connectivity index (χ1n) is 8.82. The summed E-state index contributed by atoms with van der Waals surface area (Å²) in [6.07, 6.45) is 1.23. The summed E-state index contributed by atoms with van der Waals surface area (Å²) in [6, 6.07) is 9.34. The predicted molar refractivity (Wildman–Crippen MR) is 99.2 cm³/mol. The van der Waals surface area contributed by atoms with E-state index in [0.717, 1.165) is 11.8 Å². The van der Waals surface area contributed by atoms with E-state index >= 15 is 0 Å². The normalized spacial score (nSPS) is 11.2. The van der Waals surface area contributed by atoms with Crippen LogP contribution in [0.1, 0.15) is 32.3 Å². The Labute approximate surface area is 155 Å². The third-order valence-corrected chi connectivity index (χ3v) is 5.56. The molecule has 0 atom stereocenters. The molecule has 0 radical (unpaired) electrons. The monoisotopic (exact) mass is 385 g/mol. The highest BCUT2D eigenvalue weighted by atomic mass is 31.2. The van der Waals surface area contributed by atoms with Gasteiger partial charge in [-0.25, -0.2) is 4.79 Å². The van der Waals surface area contributed by atoms with E-state index in [1.54, 1.807) is 13.8 Å². The largest absolute Gasteiger partial charge is 0.445 e. The van der Waals surface area contributed by atoms with Crippen LogP contribution in [-0.2, 0) is 29.8 Å². The summed E-state index contributed by atoms with van der Waals surface area (Å²) in [5.41, 5.74) is 0.878. The number of benzene rings is 1. The molecule has 1 amide bonds. The predicted octanol–water partition coefficient (Wildman–Crippen LogP) is 3.87. The minimum Gasteiger partial charge on any atom is -0.445 e. The molecule has 1 aromatic carbocycles. The van der Waals surface area contributed by atoms with E-state index in [4.69, 9.17) is 13.8 Å². The SMILES string of the molecule is CCOP(=O)(CCN(CCCC=O)C(=O)OCc1ccccc1)OCC. The maximum atomic E-state index is 12.6. The molecule has 0 N–H and O–H groups in total. The Bertz CT molecular complexity index is 570. The van der Waals surface area contributed by atoms with Gasteiger partial charge in [0.25, 0.3) is 0 Å². The molecule has 0 saturated heterocycles. The van der Waals surface area contributed by atoms with E-state index in [1.807, 2.05) is 30.3 Å². The maximum Gasteiger partial charge on any atom is 0.410 e. The van der Waals surface area contributed by atoms with Crippen LogP contribution < -0.4 is 0 Å². The van der Waals surface area contributed by atoms with Gasteiger partial charge in [0, 0.05) is 19.5 Å². The maximum absolute atomic E-state index is 12.6. The number of ether oxygens (including phenoxy) is 1. The number of amides is 1. The highest BCUT2D eigenvalue weighted by Gasteiger charge is 2.26. The van der Waals surface area contributed by atoms with Gasteiger partial charge in [0.1, 0.15) is 12.9 Å². The van der Waals surface area contributed by atoms with Crippen LogP contribution in [0.2, 0.25) is 0 Å². The van der Waals surface area contributed by atoms with Crippen molar-refractivity contribution in [2.75, 3.05) is 32.5 Å². The van der Waals surface area contributed by atoms with Gasteiger partial charge < -0.3 is 23.5 Å². The highest BCUT2D eigenvalue weighted by Crippen LogP contribution is 2.47. The first-order chi connectivity index (χ1) is 12.5. The number of rotatable bonds is 13. The van der Waals surface area contributed by atoms with Crippen molar-refractivity contribution in [2.24, 2.45) is 0 Å². The van der Waals surface area contributed by atoms with Gasteiger partial charge in [0.2, 0.25) is 0 Å². The molecule has 0 saturated carbocycles. The number of unbranched alkanes of at least 4 members (excludes halogenated alkanes) is 1. The Morgan fingerprint density at radius 1 is 1.12 bits per heavy atom. The molecule has 0 bridgehead atoms. The Balaban J connectivity index is 2.65. The quantitative estimate of drug-likeness (QED) is 0.291. The van der Waals surface area contributed by atoms with Crippen LogP contribution >= 0.6 is 7.60 Å². The van der Waals surface area contributed by atoms with Crippen molar-refractivity contribution >= 4 is 20.0 Å². The average Bonchev–Trinajstić information content (AvgIpc) is 2.64. The fourth-order valence-electron chi connectivity index (χ4n) is 2.27. The topological polar surface area (TPSA) is 82.1 Å². The fraction of sp³-hybridized carbons (Fsp3) is 0.556. The van der Waals surface area contributed by atoms with Crippen LogP contribution in [0.15, 0.2) is 30.3 Å². The molecule has 0 fully saturated rings. The van der Waals surface area contributed by atoms with Crippen LogP contribution in [-0.4, -0.2) is 49.7 Å². The molecule has 1 rings (SSSR count). The molecule has 0 aliphatic rings. The molecule has 1 aromatic rings. The van der Waals surface area contributed by atoms with Crippen LogP contribution in [0.25, 0.3) is 0 Å². The summed E-state index contributed by atoms with van der Waals surface area (Å²) < 4.78 is 28.4. The number of carbonyl (C=O) groups excluding carboxylic acids is 2. The van der Waals surface area contributed by atoms with Crippen molar-refractivity contribution in [1.82, 2.24) is 4.90 Å². The molecular formula is C18H28NO6P. The number of aldehydes is 1. The molecule has 7 nitrogen and oxygen atoms in total. The van der Waals surface area contributed by atoms with Crippen molar-refractivity contribution in [2.45, 2.75) is 33.3 Å². The van der Waals surface area contributed by atoms with E-state index in [1.165, 1.54) is 4.90 Å². The van der Waals surface area contributed by atoms with Crippen molar-refractivity contribution in [1.29, 1.82) is 0 Å². The summed E-state index contributed by atoms with van der Waals surface area (Å²) in [7, 11) is -3.25. The first-order valence-corrected chi connectivity index (χ1v) is 10.5. The lowest BCUT2D eigenvalue weighted by molar-refractivity contribution is -0.108. The van der Waals surface area contributed by atoms with Gasteiger partial charge in [-0.15, -0.1) is 0 Å². The number of carbonyl (C=O) groups is 2. The van der Waals surface area contributed by atoms with E-state index in [-0.39, 0.29) is 32.5 Å². The van der Waals surface area contributed by atoms with Crippen molar-refractivity contribution < 1.29 is 27.9 Å². The minimum absolute atomic E-state index is 0.0796. The van der Waals surface area contributed by atoms with Gasteiger partial charge >= 0.3 is 13.7 Å². The van der Waals surface area contributed by atoms with Gasteiger partial charge in [0.05, 0.1) is 19.4 Å². The molecule has 0 aromatic heterocycles. The highest BCUT2D eigenvalue weighted by molar-refractivity contribution is 7.53. The van der Waals surface area contributed by atoms with E-state index in [0.29, 0.717) is 19.4 Å². The molecule has 0 spiro atoms. The summed E-state index contributed by atoms with van der Waals surface area (Å²) in [6.45, 7) is 4.66. The number of hydrogen-bond acceptors (Lipinski definition) is 6. The summed E-state index contributed by atoms with van der Waals surface area (Å²) in [5, 5.41) is 0. The van der Waals surface area contributed by atoms with E-state index in [9.17, 15) is 14.2 Å². The zero-order valence-corrected chi connectivity index (χ0v) is 16.4. The molecule has 0 unspecified atom stereocenters. The third kappa shape index (κ3) is 8.61. The van der Waals surface area contributed by atoms with Crippen LogP contribution in [0.3, 0.4) is 0 Å². The smallest absolute Gasteiger partial charge is 0.410 e. The second-order valence-electron chi connectivity index (χ2n) is 5.51. The number of hydrogen-bond donors (Lipinski definition) is 0. The average molecular weight is 385 g/mol. The van der Waals surface area contributed by atoms with Gasteiger partial charge in [-0.2, -0.15) is 0 Å². The Morgan fingerprint density at radius 3 is 2.35 bits per heavy atom. The second kappa shape index (κ2) is 12.6. The second-order valence-corrected chi connectivity index (χ2v) is 7.69. The molecule has 0 aliphatic carbocycles. The zero-order valence-electron chi connectivity index (χ0n) is 15.5. The molecule has 26 heavy (non-hydrogen) atoms. The van der Waals surface area contributed by atoms with Gasteiger partial charge in [-0.3, -0.25) is 4.57 Å². The Morgan fingerprint density at radius 2 is 1.77 bits per heavy atom. The summed E-state index contributed by atoms with van der Waals surface area (Å²) in [5.74, 6) is 0. The van der Waals surface area contributed by atoms with Gasteiger partial charge in [-0.1, -0.05) is 30.3 Å². The molecular weight excluding hydrogens is 357 g/mol. The molecule has 0 aliphatic heterocycles. The van der Waals surface area contributed by atoms with E-state index in [2.05, 4.69) is 0 Å². The summed E-state index contributed by atoms with van der Waals surface area (Å²) in [4.78, 5) is 24.4. The van der Waals surface area contributed by atoms with Crippen molar-refractivity contribution in [3.8, 4) is 0 Å². The molecule has 146 valence electrons. The minimum atomic E-state index is -3.25. The Kier molecular flexibility index (Phi) is 10.9. The standard InChI is InChI=1S/C18H28NO6P/c1-3-24-26(22,25-4-2)15-13-19(12-8-9-14-20)18(21)23-16-17-10-6-5-7-11-17/h5-7,10-11,14H,3-4,8-9,12-13,15-16H2,1-2H3. The molecule has 0 heterocycles. The third-order valence-electron chi connectivity index (χ3n) is 3.51. The van der Waals surface area contributed by atoms with Crippen molar-refractivity contribution in [3.63, 3.8) is 0 Å². The summed E-state index contributed by atoms with van der Waals surface area (Å²) >= 11 is 0. The van der Waals surface area contributed by atoms with Crippen LogP contribution in [0.5, 0.6) is 0 Å². The first kappa shape index (κ1) is 22.4. The van der Waals surface area contributed by atoms with Crippen molar-refractivity contribution in [3.05, 3.63) is 35.9 Å². The van der Waals surface area contributed by atoms with Crippen LogP contribution in [0.4, 0.5) is 4.79 Å². The van der Waals surface area contributed by atoms with Gasteiger partial charge in [0.15, 0.2) is 0 Å².